The molecule has 12 N–H and O–H groups in total. The minimum atomic E-state index is -1.33. The fourth-order valence-corrected chi connectivity index (χ4v) is 8.50. The summed E-state index contributed by atoms with van der Waals surface area (Å²) in [6.45, 7) is 0.1000. The Bertz CT molecular complexity index is 2450. The maximum absolute atomic E-state index is 14.8. The number of carbonyl (C=O) groups excluding carboxylic acids is 6. The zero-order chi connectivity index (χ0) is 46.9. The number of rotatable bonds is 22. The van der Waals surface area contributed by atoms with Crippen molar-refractivity contribution in [2.45, 2.75) is 93.8 Å². The molecule has 16 heteroatoms. The van der Waals surface area contributed by atoms with E-state index in [1.165, 1.54) is 0 Å². The van der Waals surface area contributed by atoms with Crippen molar-refractivity contribution in [1.82, 2.24) is 31.6 Å². The second-order valence-electron chi connectivity index (χ2n) is 16.8. The average molecular weight is 897 g/mol. The number of amides is 6. The van der Waals surface area contributed by atoms with Gasteiger partial charge in [0.2, 0.25) is 35.4 Å². The smallest absolute Gasteiger partial charge is 0.246 e. The first kappa shape index (κ1) is 48.0. The Balaban J connectivity index is 1.26. The Hall–Kier alpha value is -7.49. The van der Waals surface area contributed by atoms with Crippen LogP contribution in [0.15, 0.2) is 126 Å². The summed E-state index contributed by atoms with van der Waals surface area (Å²) in [5, 5.41) is 15.4. The molecule has 1 fully saturated rings. The molecule has 6 rings (SSSR count). The number of hydrogen-bond acceptors (Lipinski definition) is 7. The number of hydrogen-bond donors (Lipinski definition) is 9. The first-order valence-corrected chi connectivity index (χ1v) is 22.4. The summed E-state index contributed by atoms with van der Waals surface area (Å²) in [6.07, 6.45) is 4.07. The molecule has 1 aliphatic carbocycles. The van der Waals surface area contributed by atoms with Crippen molar-refractivity contribution in [2.75, 3.05) is 13.1 Å². The average Bonchev–Trinajstić information content (AvgIpc) is 3.72. The Morgan fingerprint density at radius 1 is 0.682 bits per heavy atom. The van der Waals surface area contributed by atoms with Gasteiger partial charge in [0.1, 0.15) is 23.7 Å². The lowest BCUT2D eigenvalue weighted by Gasteiger charge is -2.40. The van der Waals surface area contributed by atoms with Gasteiger partial charge in [-0.15, -0.1) is 0 Å². The molecule has 3 atom stereocenters. The van der Waals surface area contributed by atoms with Crippen LogP contribution in [0.4, 0.5) is 0 Å². The lowest BCUT2D eigenvalue weighted by molar-refractivity contribution is -0.138. The number of primary amides is 1. The Morgan fingerprint density at radius 3 is 1.94 bits per heavy atom. The van der Waals surface area contributed by atoms with Crippen LogP contribution in [0.5, 0.6) is 0 Å². The number of fused-ring (bicyclic) bond motifs is 1. The topological polar surface area (TPSA) is 269 Å². The number of para-hydroxylation sites is 1. The molecule has 4 aromatic carbocycles. The van der Waals surface area contributed by atoms with Crippen LogP contribution in [0.2, 0.25) is 0 Å². The van der Waals surface area contributed by atoms with E-state index in [-0.39, 0.29) is 69.4 Å². The van der Waals surface area contributed by atoms with E-state index in [0.29, 0.717) is 25.7 Å². The molecule has 0 bridgehead atoms. The van der Waals surface area contributed by atoms with Gasteiger partial charge in [-0.1, -0.05) is 109 Å². The van der Waals surface area contributed by atoms with E-state index in [0.717, 1.165) is 33.2 Å². The third-order valence-corrected chi connectivity index (χ3v) is 12.0. The largest absolute Gasteiger partial charge is 0.370 e. The van der Waals surface area contributed by atoms with E-state index in [1.807, 2.05) is 103 Å². The summed E-state index contributed by atoms with van der Waals surface area (Å²) in [4.78, 5) is 90.1. The zero-order valence-electron chi connectivity index (χ0n) is 37.0. The summed E-state index contributed by atoms with van der Waals surface area (Å²) in [5.74, 6) is -3.29. The third kappa shape index (κ3) is 13.8. The van der Waals surface area contributed by atoms with Crippen LogP contribution < -0.4 is 43.8 Å². The van der Waals surface area contributed by atoms with Crippen molar-refractivity contribution in [3.8, 4) is 0 Å². The van der Waals surface area contributed by atoms with Gasteiger partial charge >= 0.3 is 0 Å². The van der Waals surface area contributed by atoms with Crippen LogP contribution in [0.3, 0.4) is 0 Å². The monoisotopic (exact) mass is 896 g/mol. The molecule has 16 nitrogen and oxygen atoms in total. The van der Waals surface area contributed by atoms with Crippen LogP contribution in [-0.2, 0) is 48.0 Å². The second kappa shape index (κ2) is 23.4. The molecule has 66 heavy (non-hydrogen) atoms. The van der Waals surface area contributed by atoms with Gasteiger partial charge < -0.3 is 48.8 Å². The first-order valence-electron chi connectivity index (χ1n) is 22.4. The van der Waals surface area contributed by atoms with Crippen molar-refractivity contribution in [1.29, 1.82) is 0 Å². The predicted octanol–water partition coefficient (Wildman–Crippen LogP) is 2.91. The van der Waals surface area contributed by atoms with Gasteiger partial charge in [-0.05, 0) is 72.8 Å². The molecule has 1 heterocycles. The molecule has 0 radical (unpaired) electrons. The van der Waals surface area contributed by atoms with Crippen LogP contribution in [0.25, 0.3) is 10.9 Å². The molecule has 1 aromatic heterocycles. The molecule has 0 aliphatic heterocycles. The molecule has 6 amide bonds. The highest BCUT2D eigenvalue weighted by molar-refractivity contribution is 5.97. The van der Waals surface area contributed by atoms with E-state index in [9.17, 15) is 28.8 Å². The molecule has 5 aromatic rings. The van der Waals surface area contributed by atoms with E-state index in [4.69, 9.17) is 17.2 Å². The van der Waals surface area contributed by atoms with Crippen LogP contribution >= 0.6 is 0 Å². The zero-order valence-corrected chi connectivity index (χ0v) is 37.0. The molecule has 0 unspecified atom stereocenters. The van der Waals surface area contributed by atoms with E-state index in [1.54, 1.807) is 6.20 Å². The number of aromatic amines is 1. The third-order valence-electron chi connectivity index (χ3n) is 12.0. The minimum absolute atomic E-state index is 0.0466. The van der Waals surface area contributed by atoms with Gasteiger partial charge in [0.25, 0.3) is 0 Å². The van der Waals surface area contributed by atoms with Gasteiger partial charge in [0, 0.05) is 49.5 Å². The van der Waals surface area contributed by atoms with Crippen molar-refractivity contribution >= 4 is 52.3 Å². The molecule has 0 spiro atoms. The lowest BCUT2D eigenvalue weighted by Crippen LogP contribution is -2.64. The van der Waals surface area contributed by atoms with Gasteiger partial charge in [-0.25, -0.2) is 0 Å². The molecule has 1 saturated carbocycles. The van der Waals surface area contributed by atoms with E-state index in [2.05, 4.69) is 48.7 Å². The Kier molecular flexibility index (Phi) is 17.0. The standard InChI is InChI=1S/C50H60N10O6/c51-43(61)24-28-54-45(63)42(31-37-32-56-39-20-11-10-19-38(37)39)58-46(64)40(21-12-27-55-49(52)53)57-47(65)41(29-33-13-4-1-5-14-33)59-48(66)50(60-44(62)30-34-15-6-2-7-16-34)25-22-36(23-26-50)35-17-8-3-9-18-35/h1-11,13-20,32,36,40-42,56H,12,21-31H2,(H2,51,61)(H,54,63)(H,57,65)(H,58,64)(H,59,66)(H,60,62)(H4,52,53,55)/t36?,40-,41+,42-,50?/m0/s1. The fraction of sp³-hybridized carbons (Fsp3) is 0.340. The van der Waals surface area contributed by atoms with Crippen molar-refractivity contribution in [3.63, 3.8) is 0 Å². The van der Waals surface area contributed by atoms with Gasteiger partial charge in [0.15, 0.2) is 5.96 Å². The number of benzene rings is 4. The number of nitrogens with two attached hydrogens (primary N) is 3. The fourth-order valence-electron chi connectivity index (χ4n) is 8.50. The summed E-state index contributed by atoms with van der Waals surface area (Å²) in [5.41, 5.74) is 19.4. The molecule has 0 saturated heterocycles. The molecule has 1 aliphatic rings. The van der Waals surface area contributed by atoms with Crippen LogP contribution in [0, 0.1) is 0 Å². The molecular weight excluding hydrogens is 837 g/mol. The van der Waals surface area contributed by atoms with Crippen molar-refractivity contribution in [2.24, 2.45) is 22.2 Å². The quantitative estimate of drug-likeness (QED) is 0.0283. The number of aliphatic imine (C=N–C) groups is 1. The Labute approximate surface area is 384 Å². The number of carbonyl (C=O) groups is 6. The summed E-state index contributed by atoms with van der Waals surface area (Å²) in [7, 11) is 0. The lowest BCUT2D eigenvalue weighted by atomic mass is 9.73. The minimum Gasteiger partial charge on any atom is -0.370 e. The van der Waals surface area contributed by atoms with Crippen molar-refractivity contribution in [3.05, 3.63) is 144 Å². The number of nitrogens with one attached hydrogen (secondary N) is 6. The van der Waals surface area contributed by atoms with Gasteiger partial charge in [-0.3, -0.25) is 33.8 Å². The first-order chi connectivity index (χ1) is 31.9. The van der Waals surface area contributed by atoms with Gasteiger partial charge in [-0.2, -0.15) is 0 Å². The van der Waals surface area contributed by atoms with Crippen LogP contribution in [0.1, 0.15) is 73.1 Å². The highest BCUT2D eigenvalue weighted by atomic mass is 16.2. The van der Waals surface area contributed by atoms with Crippen LogP contribution in [-0.4, -0.2) is 83.1 Å². The van der Waals surface area contributed by atoms with E-state index < -0.39 is 53.2 Å². The molecular formula is C50H60N10O6. The predicted molar refractivity (Wildman–Crippen MR) is 253 cm³/mol. The second-order valence-corrected chi connectivity index (χ2v) is 16.8. The summed E-state index contributed by atoms with van der Waals surface area (Å²) < 4.78 is 0. The van der Waals surface area contributed by atoms with Crippen molar-refractivity contribution < 1.29 is 28.8 Å². The Morgan fingerprint density at radius 2 is 1.27 bits per heavy atom. The number of H-pyrrole nitrogens is 1. The molecule has 346 valence electrons. The number of nitrogens with zero attached hydrogens (tertiary/aromatic N) is 1. The number of aromatic nitrogens is 1. The maximum Gasteiger partial charge on any atom is 0.246 e. The maximum atomic E-state index is 14.8. The van der Waals surface area contributed by atoms with Gasteiger partial charge in [0.05, 0.1) is 6.42 Å². The normalized spacial score (nSPS) is 17.0. The van der Waals surface area contributed by atoms with E-state index >= 15 is 0 Å². The highest BCUT2D eigenvalue weighted by Crippen LogP contribution is 2.38. The summed E-state index contributed by atoms with van der Waals surface area (Å²) in [6, 6.07) is 32.5. The SMILES string of the molecule is NC(=O)CCNC(=O)[C@H](Cc1c[nH]c2ccccc12)NC(=O)[C@H](CCCN=C(N)N)NC(=O)[C@@H](Cc1ccccc1)NC(=O)C1(NC(=O)Cc2ccccc2)CCC(c2ccccc2)CC1. The summed E-state index contributed by atoms with van der Waals surface area (Å²) >= 11 is 0. The number of guanidine groups is 1. The highest BCUT2D eigenvalue weighted by Gasteiger charge is 2.45.